The Morgan fingerprint density at radius 3 is 2.65 bits per heavy atom. The Bertz CT molecular complexity index is 1310. The molecule has 3 aromatic rings. The summed E-state index contributed by atoms with van der Waals surface area (Å²) in [5.41, 5.74) is 2.78. The number of benzene rings is 2. The van der Waals surface area contributed by atoms with Gasteiger partial charge in [-0.25, -0.2) is 4.39 Å². The lowest BCUT2D eigenvalue weighted by molar-refractivity contribution is -0.134. The second kappa shape index (κ2) is 13.0. The van der Waals surface area contributed by atoms with Gasteiger partial charge in [-0.2, -0.15) is 0 Å². The van der Waals surface area contributed by atoms with Crippen LogP contribution in [0.15, 0.2) is 60.0 Å². The monoisotopic (exact) mass is 563 g/mol. The average Bonchev–Trinajstić information content (AvgIpc) is 3.44. The predicted octanol–water partition coefficient (Wildman–Crippen LogP) is 5.78. The van der Waals surface area contributed by atoms with Crippen LogP contribution in [0.1, 0.15) is 65.5 Å². The zero-order valence-corrected chi connectivity index (χ0v) is 24.2. The molecule has 2 aliphatic rings. The van der Waals surface area contributed by atoms with Gasteiger partial charge < -0.3 is 14.5 Å². The van der Waals surface area contributed by atoms with Crippen molar-refractivity contribution in [1.29, 1.82) is 0 Å². The van der Waals surface area contributed by atoms with Gasteiger partial charge in [0.1, 0.15) is 11.6 Å². The van der Waals surface area contributed by atoms with Crippen molar-refractivity contribution in [3.8, 4) is 5.75 Å². The molecule has 0 aliphatic carbocycles. The van der Waals surface area contributed by atoms with E-state index in [1.165, 1.54) is 16.5 Å². The van der Waals surface area contributed by atoms with Gasteiger partial charge in [-0.15, -0.1) is 11.3 Å². The third kappa shape index (κ3) is 6.39. The Hall–Kier alpha value is -3.23. The molecule has 2 amide bonds. The Morgan fingerprint density at radius 1 is 1.07 bits per heavy atom. The van der Waals surface area contributed by atoms with Crippen molar-refractivity contribution in [2.45, 2.75) is 51.6 Å². The van der Waals surface area contributed by atoms with Crippen LogP contribution in [0.2, 0.25) is 0 Å². The number of nitrogens with zero attached hydrogens (tertiary/aromatic N) is 3. The summed E-state index contributed by atoms with van der Waals surface area (Å²) < 4.78 is 19.8. The summed E-state index contributed by atoms with van der Waals surface area (Å²) in [6, 6.07) is 16.2. The minimum atomic E-state index is -0.242. The third-order valence-electron chi connectivity index (χ3n) is 7.95. The normalized spacial score (nSPS) is 19.4. The second-order valence-corrected chi connectivity index (χ2v) is 11.7. The number of hydrogen-bond acceptors (Lipinski definition) is 5. The highest BCUT2D eigenvalue weighted by molar-refractivity contribution is 7.10. The van der Waals surface area contributed by atoms with Gasteiger partial charge in [0, 0.05) is 55.6 Å². The van der Waals surface area contributed by atoms with Crippen molar-refractivity contribution in [2.24, 2.45) is 0 Å². The third-order valence-corrected chi connectivity index (χ3v) is 8.95. The molecule has 1 fully saturated rings. The molecule has 6 nitrogen and oxygen atoms in total. The van der Waals surface area contributed by atoms with E-state index in [0.717, 1.165) is 37.1 Å². The summed E-state index contributed by atoms with van der Waals surface area (Å²) in [4.78, 5) is 33.9. The van der Waals surface area contributed by atoms with Crippen LogP contribution in [0, 0.1) is 5.82 Å². The molecule has 0 bridgehead atoms. The zero-order valence-electron chi connectivity index (χ0n) is 23.4. The lowest BCUT2D eigenvalue weighted by atomic mass is 9.93. The van der Waals surface area contributed by atoms with E-state index in [-0.39, 0.29) is 29.7 Å². The molecule has 2 aromatic carbocycles. The van der Waals surface area contributed by atoms with Gasteiger partial charge in [0.2, 0.25) is 5.91 Å². The number of carbonyl (C=O) groups is 2. The fourth-order valence-corrected chi connectivity index (χ4v) is 6.66. The first kappa shape index (κ1) is 28.3. The minimum Gasteiger partial charge on any atom is -0.494 e. The largest absolute Gasteiger partial charge is 0.494 e. The molecule has 212 valence electrons. The van der Waals surface area contributed by atoms with E-state index >= 15 is 0 Å². The molecule has 40 heavy (non-hydrogen) atoms. The first-order valence-corrected chi connectivity index (χ1v) is 15.2. The fraction of sp³-hybridized carbons (Fsp3) is 0.438. The van der Waals surface area contributed by atoms with E-state index in [1.54, 1.807) is 23.5 Å². The Balaban J connectivity index is 1.17. The van der Waals surface area contributed by atoms with Crippen molar-refractivity contribution in [3.63, 3.8) is 0 Å². The molecule has 8 heteroatoms. The van der Waals surface area contributed by atoms with Crippen molar-refractivity contribution < 1.29 is 18.7 Å². The zero-order chi connectivity index (χ0) is 28.1. The number of carbonyl (C=O) groups excluding carboxylic acids is 2. The molecular weight excluding hydrogens is 525 g/mol. The summed E-state index contributed by atoms with van der Waals surface area (Å²) in [5, 5.41) is 2.10. The van der Waals surface area contributed by atoms with E-state index in [2.05, 4.69) is 23.3 Å². The smallest absolute Gasteiger partial charge is 0.254 e. The quantitative estimate of drug-likeness (QED) is 0.310. The summed E-state index contributed by atoms with van der Waals surface area (Å²) in [6.45, 7) is 7.79. The maximum absolute atomic E-state index is 14.1. The highest BCUT2D eigenvalue weighted by Crippen LogP contribution is 2.38. The van der Waals surface area contributed by atoms with Crippen LogP contribution in [-0.2, 0) is 11.2 Å². The molecule has 2 aliphatic heterocycles. The number of piperazine rings is 1. The van der Waals surface area contributed by atoms with Gasteiger partial charge >= 0.3 is 0 Å². The lowest BCUT2D eigenvalue weighted by Gasteiger charge is -2.41. The van der Waals surface area contributed by atoms with Crippen molar-refractivity contribution >= 4 is 23.2 Å². The van der Waals surface area contributed by atoms with Crippen molar-refractivity contribution in [3.05, 3.63) is 87.4 Å². The molecule has 0 saturated carbocycles. The number of fused-ring (bicyclic) bond motifs is 1. The highest BCUT2D eigenvalue weighted by atomic mass is 32.1. The summed E-state index contributed by atoms with van der Waals surface area (Å²) in [5.74, 6) is 0.615. The van der Waals surface area contributed by atoms with E-state index < -0.39 is 0 Å². The van der Waals surface area contributed by atoms with Gasteiger partial charge in [0.05, 0.1) is 12.6 Å². The first-order valence-electron chi connectivity index (χ1n) is 14.3. The van der Waals surface area contributed by atoms with E-state index in [1.807, 2.05) is 47.1 Å². The SMILES string of the molecule is CCCCOc1ccc(C(=O)N2CCN(C(=O)CCN3CCc4sccc4C3c3cccc(F)c3)CC2C)cc1. The number of hydrogen-bond donors (Lipinski definition) is 0. The number of amides is 2. The summed E-state index contributed by atoms with van der Waals surface area (Å²) in [6.07, 6.45) is 3.41. The maximum atomic E-state index is 14.1. The fourth-order valence-electron chi connectivity index (χ4n) is 5.75. The van der Waals surface area contributed by atoms with Crippen LogP contribution in [0.4, 0.5) is 4.39 Å². The van der Waals surface area contributed by atoms with Gasteiger partial charge in [0.25, 0.3) is 5.91 Å². The van der Waals surface area contributed by atoms with Crippen LogP contribution >= 0.6 is 11.3 Å². The predicted molar refractivity (Wildman–Crippen MR) is 156 cm³/mol. The molecule has 5 rings (SSSR count). The van der Waals surface area contributed by atoms with Gasteiger partial charge in [0.15, 0.2) is 0 Å². The standard InChI is InChI=1S/C32H38FN3O3S/c1-3-4-19-39-27-10-8-24(9-11-27)32(38)36-18-17-35(22-23(36)2)30(37)13-16-34-15-12-29-28(14-20-40-29)31(34)25-6-5-7-26(33)21-25/h5-11,14,20-21,23,31H,3-4,12-13,15-19,22H2,1-2H3. The van der Waals surface area contributed by atoms with Gasteiger partial charge in [-0.05, 0) is 78.7 Å². The summed E-state index contributed by atoms with van der Waals surface area (Å²) >= 11 is 1.75. The minimum absolute atomic E-state index is 0.0162. The lowest BCUT2D eigenvalue weighted by Crippen LogP contribution is -2.55. The van der Waals surface area contributed by atoms with Crippen LogP contribution in [-0.4, -0.2) is 71.9 Å². The molecule has 1 aromatic heterocycles. The molecule has 0 N–H and O–H groups in total. The number of rotatable bonds is 9. The Kier molecular flexibility index (Phi) is 9.17. The van der Waals surface area contributed by atoms with E-state index in [9.17, 15) is 14.0 Å². The molecule has 0 spiro atoms. The molecular formula is C32H38FN3O3S. The first-order chi connectivity index (χ1) is 19.4. The Morgan fingerprint density at radius 2 is 1.90 bits per heavy atom. The number of thiophene rings is 1. The number of ether oxygens (including phenoxy) is 1. The molecule has 0 radical (unpaired) electrons. The second-order valence-electron chi connectivity index (χ2n) is 10.7. The molecule has 3 heterocycles. The number of halogens is 1. The van der Waals surface area contributed by atoms with Gasteiger partial charge in [-0.1, -0.05) is 25.5 Å². The highest BCUT2D eigenvalue weighted by Gasteiger charge is 2.33. The van der Waals surface area contributed by atoms with Crippen molar-refractivity contribution in [1.82, 2.24) is 14.7 Å². The van der Waals surface area contributed by atoms with Gasteiger partial charge in [-0.3, -0.25) is 14.5 Å². The van der Waals surface area contributed by atoms with Crippen molar-refractivity contribution in [2.75, 3.05) is 39.3 Å². The van der Waals surface area contributed by atoms with Crippen LogP contribution < -0.4 is 4.74 Å². The average molecular weight is 564 g/mol. The van der Waals surface area contributed by atoms with E-state index in [4.69, 9.17) is 4.74 Å². The van der Waals surface area contributed by atoms with Crippen LogP contribution in [0.25, 0.3) is 0 Å². The molecule has 2 atom stereocenters. The van der Waals surface area contributed by atoms with E-state index in [0.29, 0.717) is 44.8 Å². The van der Waals surface area contributed by atoms with Crippen LogP contribution in [0.5, 0.6) is 5.75 Å². The molecule has 1 saturated heterocycles. The maximum Gasteiger partial charge on any atom is 0.254 e. The summed E-state index contributed by atoms with van der Waals surface area (Å²) in [7, 11) is 0. The molecule has 2 unspecified atom stereocenters. The topological polar surface area (TPSA) is 53.1 Å². The Labute approximate surface area is 240 Å². The number of unbranched alkanes of at least 4 members (excludes halogenated alkanes) is 1. The van der Waals surface area contributed by atoms with Crippen LogP contribution in [0.3, 0.4) is 0 Å².